The predicted octanol–water partition coefficient (Wildman–Crippen LogP) is 15.5. The van der Waals surface area contributed by atoms with Crippen LogP contribution in [0.25, 0.3) is 135 Å². The van der Waals surface area contributed by atoms with Gasteiger partial charge in [-0.1, -0.05) is 146 Å². The Morgan fingerprint density at radius 3 is 0.600 bits per heavy atom. The lowest BCUT2D eigenvalue weighted by atomic mass is 9.86. The van der Waals surface area contributed by atoms with Crippen molar-refractivity contribution in [3.05, 3.63) is 271 Å². The van der Waals surface area contributed by atoms with Gasteiger partial charge in [-0.15, -0.1) is 0 Å². The van der Waals surface area contributed by atoms with E-state index in [0.29, 0.717) is 16.7 Å². The molecule has 90 heavy (non-hydrogen) atoms. The van der Waals surface area contributed by atoms with Crippen LogP contribution in [0, 0.1) is 68.0 Å². The van der Waals surface area contributed by atoms with Crippen molar-refractivity contribution in [1.29, 1.82) is 31.6 Å². The summed E-state index contributed by atoms with van der Waals surface area (Å²) in [6.07, 6.45) is 4.94. The Bertz CT molecular complexity index is 4590. The molecule has 414 valence electrons. The minimum absolute atomic E-state index is 0.102. The first-order valence-corrected chi connectivity index (χ1v) is 28.0. The minimum atomic E-state index is 0.102. The topological polar surface area (TPSA) is 259 Å². The SMILES string of the molecule is N#Cc1cc(C#N)nc(-c2ccc(-c3ccc(-c4ccccc4-c4cc(-c5ccccc5-c5ccc(-c6ccc(-c7nc(C#N)cc(C#N)n7)cn6)cc5)cc(-c5ccccc5-c5ccc(-c6ccc(-c7nc(C#N)cc(C#N)n7)cn6)cc5)c4)cc3)nc2)n1. The summed E-state index contributed by atoms with van der Waals surface area (Å²) in [5, 5.41) is 57.0. The summed E-state index contributed by atoms with van der Waals surface area (Å²) in [4.78, 5) is 39.9. The highest BCUT2D eigenvalue weighted by Crippen LogP contribution is 2.43. The van der Waals surface area contributed by atoms with Gasteiger partial charge in [0.25, 0.3) is 0 Å². The first-order valence-electron chi connectivity index (χ1n) is 28.0. The monoisotopic (exact) mass is 1150 g/mol. The highest BCUT2D eigenvalue weighted by molar-refractivity contribution is 5.94. The molecule has 0 radical (unpaired) electrons. The molecule has 0 fully saturated rings. The molecule has 0 amide bonds. The predicted molar refractivity (Wildman–Crippen MR) is 340 cm³/mol. The molecule has 13 rings (SSSR count). The van der Waals surface area contributed by atoms with E-state index in [4.69, 9.17) is 15.0 Å². The molecule has 7 aromatic carbocycles. The lowest BCUT2D eigenvalue weighted by Gasteiger charge is -2.18. The zero-order valence-electron chi connectivity index (χ0n) is 47.2. The maximum Gasteiger partial charge on any atom is 0.163 e. The van der Waals surface area contributed by atoms with E-state index in [1.165, 1.54) is 18.2 Å². The van der Waals surface area contributed by atoms with Gasteiger partial charge in [-0.05, 0) is 121 Å². The zero-order valence-corrected chi connectivity index (χ0v) is 47.2. The lowest BCUT2D eigenvalue weighted by molar-refractivity contribution is 1.12. The van der Waals surface area contributed by atoms with Crippen molar-refractivity contribution in [2.75, 3.05) is 0 Å². The number of nitrogens with zero attached hydrogens (tertiary/aromatic N) is 15. The van der Waals surface area contributed by atoms with Crippen LogP contribution in [0.5, 0.6) is 0 Å². The van der Waals surface area contributed by atoms with Crippen molar-refractivity contribution in [3.63, 3.8) is 0 Å². The van der Waals surface area contributed by atoms with Crippen LogP contribution in [0.4, 0.5) is 0 Å². The Kier molecular flexibility index (Phi) is 15.0. The normalized spacial score (nSPS) is 10.6. The number of benzene rings is 7. The molecule has 0 unspecified atom stereocenters. The van der Waals surface area contributed by atoms with E-state index in [2.05, 4.69) is 139 Å². The summed E-state index contributed by atoms with van der Waals surface area (Å²) in [7, 11) is 0. The molecular formula is C75H39N15. The molecular weight excluding hydrogens is 1110 g/mol. The van der Waals surface area contributed by atoms with E-state index in [1.54, 1.807) is 18.6 Å². The number of hydrogen-bond acceptors (Lipinski definition) is 15. The summed E-state index contributed by atoms with van der Waals surface area (Å²) in [6, 6.07) is 84.0. The van der Waals surface area contributed by atoms with Crippen molar-refractivity contribution in [2.45, 2.75) is 0 Å². The molecule has 6 heterocycles. The van der Waals surface area contributed by atoms with E-state index in [1.807, 2.05) is 127 Å². The number of pyridine rings is 3. The van der Waals surface area contributed by atoms with Crippen LogP contribution in [0.15, 0.2) is 237 Å². The first-order chi connectivity index (χ1) is 44.2. The molecule has 0 spiro atoms. The first kappa shape index (κ1) is 55.4. The average Bonchev–Trinajstić information content (AvgIpc) is 0.976. The Morgan fingerprint density at radius 1 is 0.200 bits per heavy atom. The number of aromatic nitrogens is 9. The fourth-order valence-electron chi connectivity index (χ4n) is 10.7. The second kappa shape index (κ2) is 24.4. The third kappa shape index (κ3) is 11.3. The molecule has 15 nitrogen and oxygen atoms in total. The Labute approximate surface area is 516 Å². The van der Waals surface area contributed by atoms with Crippen molar-refractivity contribution in [2.24, 2.45) is 0 Å². The third-order valence-electron chi connectivity index (χ3n) is 15.1. The van der Waals surface area contributed by atoms with E-state index in [9.17, 15) is 31.6 Å². The Hall–Kier alpha value is -13.8. The number of rotatable bonds is 12. The van der Waals surface area contributed by atoms with Crippen LogP contribution in [0.2, 0.25) is 0 Å². The van der Waals surface area contributed by atoms with E-state index in [-0.39, 0.29) is 51.6 Å². The molecule has 0 aliphatic carbocycles. The van der Waals surface area contributed by atoms with Crippen molar-refractivity contribution < 1.29 is 0 Å². The Balaban J connectivity index is 0.861. The van der Waals surface area contributed by atoms with Crippen LogP contribution in [0.1, 0.15) is 34.2 Å². The fraction of sp³-hybridized carbons (Fsp3) is 0. The molecule has 0 saturated heterocycles. The van der Waals surface area contributed by atoms with Gasteiger partial charge in [0.05, 0.1) is 17.1 Å². The maximum atomic E-state index is 9.49. The molecule has 0 aliphatic rings. The van der Waals surface area contributed by atoms with Gasteiger partial charge < -0.3 is 0 Å². The van der Waals surface area contributed by atoms with Gasteiger partial charge in [-0.25, -0.2) is 29.9 Å². The highest BCUT2D eigenvalue weighted by atomic mass is 14.9. The van der Waals surface area contributed by atoms with Crippen molar-refractivity contribution >= 4 is 0 Å². The number of nitriles is 6. The molecule has 0 N–H and O–H groups in total. The third-order valence-corrected chi connectivity index (χ3v) is 15.1. The van der Waals surface area contributed by atoms with Crippen LogP contribution in [0.3, 0.4) is 0 Å². The van der Waals surface area contributed by atoms with Gasteiger partial charge in [0, 0.05) is 70.2 Å². The standard InChI is InChI=1S/C75H39N15/c76-37-58-34-59(38-77)86-73(85-58)52-25-28-70(82-43-52)49-19-13-46(14-20-49)64-7-1-4-10-67(64)55-31-56(68-11-5-2-8-65(68)47-15-21-50(22-16-47)71-29-26-53(44-83-71)74-87-60(39-78)35-61(40-79)88-74)33-57(32-55)69-12-6-3-9-66(69)48-17-23-51(24-18-48)72-30-27-54(45-84-72)75-89-62(41-80)36-63(42-81)90-75/h1-36,43-45H. The smallest absolute Gasteiger partial charge is 0.163 e. The maximum absolute atomic E-state index is 9.49. The second-order valence-corrected chi connectivity index (χ2v) is 20.5. The Morgan fingerprint density at radius 2 is 0.400 bits per heavy atom. The molecule has 0 aliphatic heterocycles. The van der Waals surface area contributed by atoms with Crippen LogP contribution in [-0.4, -0.2) is 44.9 Å². The van der Waals surface area contributed by atoms with Crippen molar-refractivity contribution in [3.8, 4) is 171 Å². The molecule has 0 bridgehead atoms. The molecule has 13 aromatic rings. The summed E-state index contributed by atoms with van der Waals surface area (Å²) >= 11 is 0. The summed E-state index contributed by atoms with van der Waals surface area (Å²) in [5.41, 5.74) is 19.4. The quantitative estimate of drug-likeness (QED) is 0.110. The van der Waals surface area contributed by atoms with E-state index >= 15 is 0 Å². The van der Waals surface area contributed by atoms with Crippen LogP contribution >= 0.6 is 0 Å². The molecule has 0 atom stereocenters. The second-order valence-electron chi connectivity index (χ2n) is 20.5. The largest absolute Gasteiger partial charge is 0.255 e. The molecule has 6 aromatic heterocycles. The summed E-state index contributed by atoms with van der Waals surface area (Å²) in [5.74, 6) is 0.754. The summed E-state index contributed by atoms with van der Waals surface area (Å²) < 4.78 is 0. The molecule has 15 heteroatoms. The van der Waals surface area contributed by atoms with Crippen LogP contribution in [-0.2, 0) is 0 Å². The van der Waals surface area contributed by atoms with Gasteiger partial charge >= 0.3 is 0 Å². The molecule has 0 saturated carbocycles. The van der Waals surface area contributed by atoms with Gasteiger partial charge in [0.2, 0.25) is 0 Å². The lowest BCUT2D eigenvalue weighted by Crippen LogP contribution is -1.96. The fourth-order valence-corrected chi connectivity index (χ4v) is 10.7. The van der Waals surface area contributed by atoms with Crippen molar-refractivity contribution in [1.82, 2.24) is 44.9 Å². The average molecular weight is 1150 g/mol. The van der Waals surface area contributed by atoms with Gasteiger partial charge in [0.1, 0.15) is 70.6 Å². The minimum Gasteiger partial charge on any atom is -0.255 e. The highest BCUT2D eigenvalue weighted by Gasteiger charge is 2.19. The van der Waals surface area contributed by atoms with Gasteiger partial charge in [-0.2, -0.15) is 31.6 Å². The zero-order chi connectivity index (χ0) is 61.5. The van der Waals surface area contributed by atoms with Gasteiger partial charge in [0.15, 0.2) is 17.5 Å². The van der Waals surface area contributed by atoms with Crippen LogP contribution < -0.4 is 0 Å². The van der Waals surface area contributed by atoms with E-state index in [0.717, 1.165) is 101 Å². The van der Waals surface area contributed by atoms with E-state index < -0.39 is 0 Å². The summed E-state index contributed by atoms with van der Waals surface area (Å²) in [6.45, 7) is 0. The number of hydrogen-bond donors (Lipinski definition) is 0. The van der Waals surface area contributed by atoms with Gasteiger partial charge in [-0.3, -0.25) is 15.0 Å².